The third-order valence-electron chi connectivity index (χ3n) is 4.21. The average Bonchev–Trinajstić information content (AvgIpc) is 3.29. The Bertz CT molecular complexity index is 950. The zero-order valence-corrected chi connectivity index (χ0v) is 16.2. The molecule has 150 valence electrons. The molecular formula is C22H23N3O4. The van der Waals surface area contributed by atoms with Gasteiger partial charge in [0.2, 0.25) is 0 Å². The summed E-state index contributed by atoms with van der Waals surface area (Å²) in [5.74, 6) is -0.446. The molecule has 3 rings (SSSR count). The molecule has 7 nitrogen and oxygen atoms in total. The van der Waals surface area contributed by atoms with Crippen molar-refractivity contribution in [1.82, 2.24) is 9.78 Å². The molecule has 1 aromatic heterocycles. The summed E-state index contributed by atoms with van der Waals surface area (Å²) in [6.07, 6.45) is 5.02. The van der Waals surface area contributed by atoms with Crippen LogP contribution in [0.25, 0.3) is 5.69 Å². The van der Waals surface area contributed by atoms with Gasteiger partial charge in [0, 0.05) is 18.8 Å². The minimum atomic E-state index is -0.974. The van der Waals surface area contributed by atoms with Crippen molar-refractivity contribution in [3.63, 3.8) is 0 Å². The summed E-state index contributed by atoms with van der Waals surface area (Å²) in [6, 6.07) is 16.3. The quantitative estimate of drug-likeness (QED) is 0.317. The van der Waals surface area contributed by atoms with E-state index in [0.29, 0.717) is 25.4 Å². The molecule has 7 heteroatoms. The largest absolute Gasteiger partial charge is 0.493 e. The summed E-state index contributed by atoms with van der Waals surface area (Å²) in [5.41, 5.74) is 3.06. The van der Waals surface area contributed by atoms with Crippen LogP contribution < -0.4 is 4.74 Å². The molecule has 0 aliphatic carbocycles. The van der Waals surface area contributed by atoms with E-state index in [1.165, 1.54) is 12.1 Å². The van der Waals surface area contributed by atoms with E-state index in [1.807, 2.05) is 43.5 Å². The van der Waals surface area contributed by atoms with Gasteiger partial charge in [-0.2, -0.15) is 5.10 Å². The summed E-state index contributed by atoms with van der Waals surface area (Å²) in [5, 5.41) is 17.5. The van der Waals surface area contributed by atoms with E-state index < -0.39 is 5.97 Å². The zero-order valence-electron chi connectivity index (χ0n) is 16.2. The number of hydrogen-bond donors (Lipinski definition) is 1. The van der Waals surface area contributed by atoms with E-state index in [2.05, 4.69) is 10.3 Å². The van der Waals surface area contributed by atoms with E-state index in [4.69, 9.17) is 14.7 Å². The van der Waals surface area contributed by atoms with Crippen LogP contribution in [0.5, 0.6) is 5.75 Å². The molecule has 0 atom stereocenters. The number of aromatic carboxylic acids is 1. The summed E-state index contributed by atoms with van der Waals surface area (Å²) in [4.78, 5) is 16.4. The average molecular weight is 393 g/mol. The highest BCUT2D eigenvalue weighted by Gasteiger charge is 2.05. The van der Waals surface area contributed by atoms with Gasteiger partial charge in [-0.25, -0.2) is 9.48 Å². The second kappa shape index (κ2) is 10.1. The number of nitrogens with zero attached hydrogens (tertiary/aromatic N) is 3. The Morgan fingerprint density at radius 3 is 2.62 bits per heavy atom. The molecule has 0 amide bonds. The molecule has 3 aromatic rings. The predicted octanol–water partition coefficient (Wildman–Crippen LogP) is 4.17. The highest BCUT2D eigenvalue weighted by atomic mass is 16.6. The molecule has 0 spiro atoms. The van der Waals surface area contributed by atoms with Crippen molar-refractivity contribution in [2.75, 3.05) is 13.2 Å². The first-order valence-electron chi connectivity index (χ1n) is 9.43. The van der Waals surface area contributed by atoms with Gasteiger partial charge >= 0.3 is 5.97 Å². The number of hydrogen-bond acceptors (Lipinski definition) is 5. The smallest absolute Gasteiger partial charge is 0.335 e. The van der Waals surface area contributed by atoms with Crippen molar-refractivity contribution in [1.29, 1.82) is 0 Å². The fraction of sp³-hybridized carbons (Fsp3) is 0.227. The van der Waals surface area contributed by atoms with Gasteiger partial charge < -0.3 is 14.7 Å². The molecular weight excluding hydrogens is 370 g/mol. The first-order chi connectivity index (χ1) is 14.2. The standard InChI is InChI=1S/C22H23N3O4/c1-2-21(17-8-10-19(11-9-17)25-13-4-12-23-25)24-29-15-5-14-28-20-7-3-6-18(16-20)22(26)27/h3-4,6-13,16H,2,5,14-15H2,1H3,(H,26,27)/b24-21+. The lowest BCUT2D eigenvalue weighted by Crippen LogP contribution is -2.05. The van der Waals surface area contributed by atoms with E-state index in [-0.39, 0.29) is 5.56 Å². The Balaban J connectivity index is 1.46. The molecule has 1 N–H and O–H groups in total. The predicted molar refractivity (Wildman–Crippen MR) is 110 cm³/mol. The zero-order chi connectivity index (χ0) is 20.5. The van der Waals surface area contributed by atoms with Crippen molar-refractivity contribution in [3.05, 3.63) is 78.1 Å². The van der Waals surface area contributed by atoms with Gasteiger partial charge in [-0.05, 0) is 48.4 Å². The summed E-state index contributed by atoms with van der Waals surface area (Å²) < 4.78 is 7.36. The minimum Gasteiger partial charge on any atom is -0.493 e. The van der Waals surface area contributed by atoms with Crippen molar-refractivity contribution in [3.8, 4) is 11.4 Å². The second-order valence-electron chi connectivity index (χ2n) is 6.26. The van der Waals surface area contributed by atoms with Gasteiger partial charge in [-0.1, -0.05) is 30.3 Å². The fourth-order valence-corrected chi connectivity index (χ4v) is 2.71. The first kappa shape index (κ1) is 20.1. The monoisotopic (exact) mass is 393 g/mol. The van der Waals surface area contributed by atoms with E-state index >= 15 is 0 Å². The van der Waals surface area contributed by atoms with Gasteiger partial charge in [0.15, 0.2) is 0 Å². The van der Waals surface area contributed by atoms with Crippen LogP contribution in [0.4, 0.5) is 0 Å². The van der Waals surface area contributed by atoms with Gasteiger partial charge in [0.1, 0.15) is 12.4 Å². The van der Waals surface area contributed by atoms with Crippen LogP contribution in [0, 0.1) is 0 Å². The Morgan fingerprint density at radius 2 is 1.93 bits per heavy atom. The number of oxime groups is 1. The number of rotatable bonds is 10. The maximum absolute atomic E-state index is 11.0. The molecule has 2 aromatic carbocycles. The normalized spacial score (nSPS) is 11.3. The Kier molecular flexibility index (Phi) is 7.00. The van der Waals surface area contributed by atoms with Crippen LogP contribution in [-0.2, 0) is 4.84 Å². The van der Waals surface area contributed by atoms with Gasteiger partial charge in [-0.15, -0.1) is 0 Å². The molecule has 0 radical (unpaired) electrons. The number of aromatic nitrogens is 2. The third-order valence-corrected chi connectivity index (χ3v) is 4.21. The SMILES string of the molecule is CC/C(=N\OCCCOc1cccc(C(=O)O)c1)c1ccc(-n2cccn2)cc1. The molecule has 0 fully saturated rings. The Labute approximate surface area is 169 Å². The third kappa shape index (κ3) is 5.68. The number of carboxylic acid groups (broad SMARTS) is 1. The van der Waals surface area contributed by atoms with Crippen LogP contribution >= 0.6 is 0 Å². The van der Waals surface area contributed by atoms with E-state index in [1.54, 1.807) is 23.0 Å². The first-order valence-corrected chi connectivity index (χ1v) is 9.43. The molecule has 0 bridgehead atoms. The van der Waals surface area contributed by atoms with Crippen LogP contribution in [0.2, 0.25) is 0 Å². The number of carboxylic acids is 1. The number of benzene rings is 2. The van der Waals surface area contributed by atoms with Crippen molar-refractivity contribution < 1.29 is 19.5 Å². The number of ether oxygens (including phenoxy) is 1. The van der Waals surface area contributed by atoms with Crippen LogP contribution in [0.3, 0.4) is 0 Å². The summed E-state index contributed by atoms with van der Waals surface area (Å²) in [6.45, 7) is 2.86. The minimum absolute atomic E-state index is 0.203. The van der Waals surface area contributed by atoms with Crippen LogP contribution in [-0.4, -0.2) is 39.8 Å². The van der Waals surface area contributed by atoms with Crippen molar-refractivity contribution in [2.24, 2.45) is 5.16 Å². The topological polar surface area (TPSA) is 85.9 Å². The Morgan fingerprint density at radius 1 is 1.10 bits per heavy atom. The molecule has 0 saturated heterocycles. The summed E-state index contributed by atoms with van der Waals surface area (Å²) in [7, 11) is 0. The van der Waals surface area contributed by atoms with Gasteiger partial charge in [0.05, 0.1) is 23.6 Å². The Hall–Kier alpha value is -3.61. The van der Waals surface area contributed by atoms with Crippen LogP contribution in [0.15, 0.2) is 72.1 Å². The maximum Gasteiger partial charge on any atom is 0.335 e. The molecule has 0 aliphatic rings. The van der Waals surface area contributed by atoms with Crippen molar-refractivity contribution in [2.45, 2.75) is 19.8 Å². The lowest BCUT2D eigenvalue weighted by atomic mass is 10.1. The second-order valence-corrected chi connectivity index (χ2v) is 6.26. The van der Waals surface area contributed by atoms with Crippen molar-refractivity contribution >= 4 is 11.7 Å². The molecule has 0 unspecified atom stereocenters. The summed E-state index contributed by atoms with van der Waals surface area (Å²) >= 11 is 0. The highest BCUT2D eigenvalue weighted by Crippen LogP contribution is 2.14. The molecule has 0 aliphatic heterocycles. The van der Waals surface area contributed by atoms with Gasteiger partial charge in [0.25, 0.3) is 0 Å². The molecule has 0 saturated carbocycles. The molecule has 29 heavy (non-hydrogen) atoms. The van der Waals surface area contributed by atoms with E-state index in [9.17, 15) is 4.79 Å². The fourth-order valence-electron chi connectivity index (χ4n) is 2.71. The van der Waals surface area contributed by atoms with Gasteiger partial charge in [-0.3, -0.25) is 0 Å². The highest BCUT2D eigenvalue weighted by molar-refractivity contribution is 6.00. The lowest BCUT2D eigenvalue weighted by Gasteiger charge is -2.08. The van der Waals surface area contributed by atoms with Crippen LogP contribution in [0.1, 0.15) is 35.7 Å². The lowest BCUT2D eigenvalue weighted by molar-refractivity contribution is 0.0696. The molecule has 1 heterocycles. The maximum atomic E-state index is 11.0. The van der Waals surface area contributed by atoms with E-state index in [0.717, 1.165) is 23.4 Å². The number of carbonyl (C=O) groups is 1.